The monoisotopic (exact) mass is 286 g/mol. The highest BCUT2D eigenvalue weighted by atomic mass is 16.4. The molecule has 0 saturated heterocycles. The zero-order valence-electron chi connectivity index (χ0n) is 12.5. The highest BCUT2D eigenvalue weighted by molar-refractivity contribution is 6.09. The Kier molecular flexibility index (Phi) is 9.93. The highest BCUT2D eigenvalue weighted by Gasteiger charge is 2.03. The Morgan fingerprint density at radius 3 is 2.38 bits per heavy atom. The minimum atomic E-state index is -0.951. The lowest BCUT2D eigenvalue weighted by molar-refractivity contribution is 0.0697. The van der Waals surface area contributed by atoms with Gasteiger partial charge in [-0.2, -0.15) is 0 Å². The van der Waals surface area contributed by atoms with Crippen LogP contribution in [0.4, 0.5) is 0 Å². The molecular formula is C17H22N2O2. The molecule has 21 heavy (non-hydrogen) atoms. The van der Waals surface area contributed by atoms with E-state index in [9.17, 15) is 4.79 Å². The van der Waals surface area contributed by atoms with Gasteiger partial charge < -0.3 is 10.8 Å². The number of hydrogen-bond acceptors (Lipinski definition) is 3. The molecule has 0 aliphatic carbocycles. The molecule has 0 atom stereocenters. The summed E-state index contributed by atoms with van der Waals surface area (Å²) < 4.78 is 0. The summed E-state index contributed by atoms with van der Waals surface area (Å²) >= 11 is 0. The maximum Gasteiger partial charge on any atom is 0.335 e. The van der Waals surface area contributed by atoms with Crippen LogP contribution in [0.15, 0.2) is 35.5 Å². The molecule has 1 rings (SSSR count). The fourth-order valence-electron chi connectivity index (χ4n) is 1.45. The molecule has 0 spiro atoms. The number of unbranched alkanes of at least 4 members (excludes halogenated alkanes) is 1. The first-order valence-corrected chi connectivity index (χ1v) is 6.88. The molecule has 1 aromatic carbocycles. The standard InChI is InChI=1S/C15H16N2O2.C2H6/c1-2-3-4-9-17-11-14(10-16)12-5-7-13(8-6-12)15(18)19;1-2/h1,5-8,10-11H,3-4,9,16H2,(H,18,19);1-2H3/b14-10+,17-11?;. The van der Waals surface area contributed by atoms with Gasteiger partial charge in [0.1, 0.15) is 0 Å². The molecular weight excluding hydrogens is 264 g/mol. The van der Waals surface area contributed by atoms with Gasteiger partial charge in [-0.25, -0.2) is 4.79 Å². The first-order valence-electron chi connectivity index (χ1n) is 6.88. The van der Waals surface area contributed by atoms with Gasteiger partial charge in [-0.3, -0.25) is 4.99 Å². The Morgan fingerprint density at radius 2 is 1.90 bits per heavy atom. The van der Waals surface area contributed by atoms with Crippen molar-refractivity contribution in [3.05, 3.63) is 41.6 Å². The van der Waals surface area contributed by atoms with E-state index in [1.54, 1.807) is 18.3 Å². The minimum absolute atomic E-state index is 0.242. The lowest BCUT2D eigenvalue weighted by Crippen LogP contribution is -1.97. The summed E-state index contributed by atoms with van der Waals surface area (Å²) in [6.45, 7) is 4.65. The Labute approximate surface area is 126 Å². The number of rotatable bonds is 6. The normalized spacial score (nSPS) is 10.6. The van der Waals surface area contributed by atoms with Crippen molar-refractivity contribution in [3.8, 4) is 12.3 Å². The molecule has 4 nitrogen and oxygen atoms in total. The molecule has 0 fully saturated rings. The smallest absolute Gasteiger partial charge is 0.335 e. The van der Waals surface area contributed by atoms with Gasteiger partial charge >= 0.3 is 5.97 Å². The number of allylic oxidation sites excluding steroid dienone is 1. The maximum absolute atomic E-state index is 10.7. The summed E-state index contributed by atoms with van der Waals surface area (Å²) in [6, 6.07) is 6.48. The van der Waals surface area contributed by atoms with Crippen LogP contribution in [0.3, 0.4) is 0 Å². The van der Waals surface area contributed by atoms with Crippen LogP contribution in [0.5, 0.6) is 0 Å². The van der Waals surface area contributed by atoms with Crippen LogP contribution in [-0.2, 0) is 0 Å². The zero-order chi connectivity index (χ0) is 16.1. The average molecular weight is 286 g/mol. The second kappa shape index (κ2) is 11.3. The van der Waals surface area contributed by atoms with Gasteiger partial charge in [0.2, 0.25) is 0 Å². The highest BCUT2D eigenvalue weighted by Crippen LogP contribution is 2.13. The first kappa shape index (κ1) is 18.5. The molecule has 0 radical (unpaired) electrons. The zero-order valence-corrected chi connectivity index (χ0v) is 12.5. The number of carboxylic acid groups (broad SMARTS) is 1. The summed E-state index contributed by atoms with van der Waals surface area (Å²) in [5.74, 6) is 1.60. The number of aromatic carboxylic acids is 1. The van der Waals surface area contributed by atoms with Crippen LogP contribution in [0.1, 0.15) is 42.6 Å². The fraction of sp³-hybridized carbons (Fsp3) is 0.294. The van der Waals surface area contributed by atoms with Gasteiger partial charge in [0.15, 0.2) is 0 Å². The largest absolute Gasteiger partial charge is 0.478 e. The summed E-state index contributed by atoms with van der Waals surface area (Å²) in [7, 11) is 0. The lowest BCUT2D eigenvalue weighted by atomic mass is 10.1. The molecule has 0 aliphatic heterocycles. The molecule has 0 saturated carbocycles. The van der Waals surface area contributed by atoms with Crippen molar-refractivity contribution in [1.82, 2.24) is 0 Å². The van der Waals surface area contributed by atoms with Crippen molar-refractivity contribution in [3.63, 3.8) is 0 Å². The number of hydrogen-bond donors (Lipinski definition) is 2. The summed E-state index contributed by atoms with van der Waals surface area (Å²) in [6.07, 6.45) is 9.80. The number of carbonyl (C=O) groups is 1. The van der Waals surface area contributed by atoms with E-state index in [1.807, 2.05) is 13.8 Å². The molecule has 3 N–H and O–H groups in total. The molecule has 0 unspecified atom stereocenters. The van der Waals surface area contributed by atoms with Gasteiger partial charge in [0.25, 0.3) is 0 Å². The minimum Gasteiger partial charge on any atom is -0.478 e. The van der Waals surface area contributed by atoms with Crippen LogP contribution in [-0.4, -0.2) is 23.8 Å². The van der Waals surface area contributed by atoms with Gasteiger partial charge in [-0.05, 0) is 24.1 Å². The Hall–Kier alpha value is -2.54. The van der Waals surface area contributed by atoms with Crippen molar-refractivity contribution < 1.29 is 9.90 Å². The van der Waals surface area contributed by atoms with Gasteiger partial charge in [-0.15, -0.1) is 12.3 Å². The number of terminal acetylenes is 1. The van der Waals surface area contributed by atoms with E-state index in [0.29, 0.717) is 13.0 Å². The number of nitrogens with two attached hydrogens (primary N) is 1. The number of benzene rings is 1. The average Bonchev–Trinajstić information content (AvgIpc) is 2.53. The summed E-state index contributed by atoms with van der Waals surface area (Å²) in [5, 5.41) is 8.81. The number of nitrogens with zero attached hydrogens (tertiary/aromatic N) is 1. The number of carboxylic acids is 1. The molecule has 0 amide bonds. The maximum atomic E-state index is 10.7. The Bertz CT molecular complexity index is 523. The molecule has 4 heteroatoms. The van der Waals surface area contributed by atoms with Crippen LogP contribution in [0.2, 0.25) is 0 Å². The predicted octanol–water partition coefficient (Wildman–Crippen LogP) is 3.19. The fourth-order valence-corrected chi connectivity index (χ4v) is 1.45. The predicted molar refractivity (Wildman–Crippen MR) is 88.3 cm³/mol. The third kappa shape index (κ3) is 6.98. The van der Waals surface area contributed by atoms with Crippen molar-refractivity contribution in [2.75, 3.05) is 6.54 Å². The Morgan fingerprint density at radius 1 is 1.33 bits per heavy atom. The van der Waals surface area contributed by atoms with Crippen molar-refractivity contribution >= 4 is 17.8 Å². The van der Waals surface area contributed by atoms with Crippen LogP contribution < -0.4 is 5.73 Å². The number of aliphatic imine (C=N–C) groups is 1. The molecule has 1 aromatic rings. The van der Waals surface area contributed by atoms with E-state index in [2.05, 4.69) is 10.9 Å². The van der Waals surface area contributed by atoms with Crippen molar-refractivity contribution in [2.24, 2.45) is 10.7 Å². The van der Waals surface area contributed by atoms with Crippen LogP contribution >= 0.6 is 0 Å². The van der Waals surface area contributed by atoms with Crippen LogP contribution in [0.25, 0.3) is 5.57 Å². The third-order valence-electron chi connectivity index (χ3n) is 2.48. The molecule has 112 valence electrons. The first-order chi connectivity index (χ1) is 10.2. The second-order valence-electron chi connectivity index (χ2n) is 3.85. The van der Waals surface area contributed by atoms with E-state index in [4.69, 9.17) is 17.3 Å². The SMILES string of the molecule is C#CCCCN=C/C(=C\N)c1ccc(C(=O)O)cc1.CC. The van der Waals surface area contributed by atoms with E-state index >= 15 is 0 Å². The van der Waals surface area contributed by atoms with Crippen LogP contribution in [0, 0.1) is 12.3 Å². The van der Waals surface area contributed by atoms with Crippen molar-refractivity contribution in [1.29, 1.82) is 0 Å². The van der Waals surface area contributed by atoms with E-state index in [-0.39, 0.29) is 5.56 Å². The Balaban J connectivity index is 0.00000191. The topological polar surface area (TPSA) is 75.7 Å². The van der Waals surface area contributed by atoms with E-state index in [0.717, 1.165) is 17.6 Å². The van der Waals surface area contributed by atoms with E-state index < -0.39 is 5.97 Å². The van der Waals surface area contributed by atoms with E-state index in [1.165, 1.54) is 18.3 Å². The third-order valence-corrected chi connectivity index (χ3v) is 2.48. The van der Waals surface area contributed by atoms with Gasteiger partial charge in [0, 0.05) is 31.0 Å². The second-order valence-corrected chi connectivity index (χ2v) is 3.85. The quantitative estimate of drug-likeness (QED) is 0.479. The van der Waals surface area contributed by atoms with Gasteiger partial charge in [-0.1, -0.05) is 26.0 Å². The lowest BCUT2D eigenvalue weighted by Gasteiger charge is -2.02. The molecule has 0 bridgehead atoms. The summed E-state index contributed by atoms with van der Waals surface area (Å²) in [4.78, 5) is 15.0. The van der Waals surface area contributed by atoms with Gasteiger partial charge in [0.05, 0.1) is 5.56 Å². The molecule has 0 aromatic heterocycles. The summed E-state index contributed by atoms with van der Waals surface area (Å²) in [5.41, 5.74) is 7.36. The van der Waals surface area contributed by atoms with Crippen molar-refractivity contribution in [2.45, 2.75) is 26.7 Å². The molecule has 0 aliphatic rings. The molecule has 0 heterocycles.